The Hall–Kier alpha value is -3.18. The summed E-state index contributed by atoms with van der Waals surface area (Å²) in [7, 11) is 7.33. The summed E-state index contributed by atoms with van der Waals surface area (Å²) in [5.74, 6) is -8.83. The van der Waals surface area contributed by atoms with Crippen LogP contribution in [0.5, 0.6) is 0 Å². The van der Waals surface area contributed by atoms with Crippen molar-refractivity contribution >= 4 is 35.8 Å². The fourth-order valence-electron chi connectivity index (χ4n) is 5.59. The molecule has 0 rings (SSSR count). The first-order valence-electron chi connectivity index (χ1n) is 14.8. The molecule has 0 aliphatic carbocycles. The zero-order valence-electron chi connectivity index (χ0n) is 28.6. The molecule has 0 aromatic carbocycles. The van der Waals surface area contributed by atoms with Crippen molar-refractivity contribution < 1.29 is 57.2 Å². The van der Waals surface area contributed by atoms with Gasteiger partial charge in [0.15, 0.2) is 0 Å². The molecule has 0 aromatic rings. The van der Waals surface area contributed by atoms with Gasteiger partial charge in [-0.15, -0.1) is 0 Å². The number of carbonyl (C=O) groups is 6. The maximum Gasteiger partial charge on any atom is 0.309 e. The maximum absolute atomic E-state index is 13.1. The minimum Gasteiger partial charge on any atom is -0.469 e. The second-order valence-electron chi connectivity index (χ2n) is 13.5. The molecule has 44 heavy (non-hydrogen) atoms. The lowest BCUT2D eigenvalue weighted by Crippen LogP contribution is -2.36. The van der Waals surface area contributed by atoms with Crippen molar-refractivity contribution in [1.82, 2.24) is 0 Å². The number of hydrogen-bond donors (Lipinski definition) is 0. The van der Waals surface area contributed by atoms with Crippen molar-refractivity contribution in [2.75, 3.05) is 42.7 Å². The number of esters is 6. The number of methoxy groups -OCH3 is 6. The maximum atomic E-state index is 13.1. The molecule has 0 fully saturated rings. The summed E-state index contributed by atoms with van der Waals surface area (Å²) in [4.78, 5) is 77.2. The Morgan fingerprint density at radius 3 is 0.909 bits per heavy atom. The topological polar surface area (TPSA) is 158 Å². The molecule has 12 heteroatoms. The Morgan fingerprint density at radius 1 is 0.409 bits per heavy atom. The zero-order valence-corrected chi connectivity index (χ0v) is 28.6. The summed E-state index contributed by atoms with van der Waals surface area (Å²) in [6.07, 6.45) is 0.147. The van der Waals surface area contributed by atoms with Gasteiger partial charge in [-0.25, -0.2) is 0 Å². The van der Waals surface area contributed by atoms with Gasteiger partial charge in [-0.2, -0.15) is 0 Å². The number of ether oxygens (including phenoxy) is 6. The van der Waals surface area contributed by atoms with Gasteiger partial charge in [-0.1, -0.05) is 41.5 Å². The van der Waals surface area contributed by atoms with Crippen LogP contribution in [0.2, 0.25) is 0 Å². The van der Waals surface area contributed by atoms with Crippen LogP contribution in [-0.4, -0.2) is 78.5 Å². The van der Waals surface area contributed by atoms with Crippen LogP contribution in [0.1, 0.15) is 80.1 Å². The van der Waals surface area contributed by atoms with E-state index in [4.69, 9.17) is 28.4 Å². The summed E-state index contributed by atoms with van der Waals surface area (Å²) < 4.78 is 30.1. The second kappa shape index (κ2) is 18.6. The molecule has 254 valence electrons. The van der Waals surface area contributed by atoms with E-state index in [0.717, 1.165) is 0 Å². The van der Waals surface area contributed by atoms with Gasteiger partial charge in [0, 0.05) is 0 Å². The van der Waals surface area contributed by atoms with Crippen molar-refractivity contribution in [2.45, 2.75) is 80.1 Å². The molecule has 12 nitrogen and oxygen atoms in total. The highest BCUT2D eigenvalue weighted by Gasteiger charge is 2.41. The molecular formula is C32H54O12. The lowest BCUT2D eigenvalue weighted by Gasteiger charge is -2.32. The lowest BCUT2D eigenvalue weighted by atomic mass is 9.73. The number of rotatable bonds is 17. The SMILES string of the molecule is COC(=O)C(CC(CC(CC(C(=O)OC)C(C)(C)C)C(=O)OC)C(=O)OC)CC(CC(CC(C)(C)C)C(=O)OC)C(=O)OC. The van der Waals surface area contributed by atoms with E-state index in [1.807, 2.05) is 41.5 Å². The van der Waals surface area contributed by atoms with Crippen molar-refractivity contribution in [3.63, 3.8) is 0 Å². The third kappa shape index (κ3) is 13.6. The summed E-state index contributed by atoms with van der Waals surface area (Å²) in [5.41, 5.74) is -0.846. The minimum absolute atomic E-state index is 0.0254. The Morgan fingerprint density at radius 2 is 0.659 bits per heavy atom. The molecule has 0 radical (unpaired) electrons. The highest BCUT2D eigenvalue weighted by atomic mass is 16.5. The quantitative estimate of drug-likeness (QED) is 0.167. The molecule has 0 aliphatic heterocycles. The van der Waals surface area contributed by atoms with E-state index in [2.05, 4.69) is 0 Å². The Kier molecular flexibility index (Phi) is 17.2. The fourth-order valence-corrected chi connectivity index (χ4v) is 5.59. The van der Waals surface area contributed by atoms with Gasteiger partial charge >= 0.3 is 35.8 Å². The van der Waals surface area contributed by atoms with E-state index in [1.54, 1.807) is 0 Å². The first-order valence-corrected chi connectivity index (χ1v) is 14.8. The van der Waals surface area contributed by atoms with Crippen molar-refractivity contribution in [1.29, 1.82) is 0 Å². The average molecular weight is 631 g/mol. The number of carbonyl (C=O) groups excluding carboxylic acids is 6. The molecular weight excluding hydrogens is 576 g/mol. The van der Waals surface area contributed by atoms with Gasteiger partial charge in [-0.05, 0) is 49.4 Å². The molecule has 0 amide bonds. The van der Waals surface area contributed by atoms with E-state index in [9.17, 15) is 28.8 Å². The van der Waals surface area contributed by atoms with Crippen LogP contribution in [0, 0.1) is 46.3 Å². The van der Waals surface area contributed by atoms with Gasteiger partial charge in [0.05, 0.1) is 78.2 Å². The van der Waals surface area contributed by atoms with E-state index >= 15 is 0 Å². The molecule has 0 N–H and O–H groups in total. The molecule has 0 bridgehead atoms. The van der Waals surface area contributed by atoms with Crippen LogP contribution in [-0.2, 0) is 57.2 Å². The smallest absolute Gasteiger partial charge is 0.309 e. The predicted molar refractivity (Wildman–Crippen MR) is 160 cm³/mol. The van der Waals surface area contributed by atoms with Crippen molar-refractivity contribution in [2.24, 2.45) is 46.3 Å². The van der Waals surface area contributed by atoms with E-state index in [0.29, 0.717) is 6.42 Å². The van der Waals surface area contributed by atoms with E-state index in [-0.39, 0.29) is 37.5 Å². The summed E-state index contributed by atoms with van der Waals surface area (Å²) in [6.45, 7) is 11.4. The molecule has 0 saturated carbocycles. The highest BCUT2D eigenvalue weighted by molar-refractivity contribution is 5.80. The molecule has 6 unspecified atom stereocenters. The van der Waals surface area contributed by atoms with Gasteiger partial charge in [-0.3, -0.25) is 28.8 Å². The molecule has 0 saturated heterocycles. The van der Waals surface area contributed by atoms with Crippen LogP contribution < -0.4 is 0 Å². The van der Waals surface area contributed by atoms with E-state index < -0.39 is 76.7 Å². The first-order chi connectivity index (χ1) is 20.3. The monoisotopic (exact) mass is 630 g/mol. The number of hydrogen-bond acceptors (Lipinski definition) is 12. The molecule has 0 heterocycles. The summed E-state index contributed by atoms with van der Waals surface area (Å²) in [5, 5.41) is 0. The van der Waals surface area contributed by atoms with E-state index in [1.165, 1.54) is 42.7 Å². The lowest BCUT2D eigenvalue weighted by molar-refractivity contribution is -0.155. The van der Waals surface area contributed by atoms with Crippen LogP contribution >= 0.6 is 0 Å². The van der Waals surface area contributed by atoms with Crippen LogP contribution in [0.4, 0.5) is 0 Å². The normalized spacial score (nSPS) is 15.8. The van der Waals surface area contributed by atoms with Gasteiger partial charge in [0.1, 0.15) is 0 Å². The second-order valence-corrected chi connectivity index (χ2v) is 13.5. The predicted octanol–water partition coefficient (Wildman–Crippen LogP) is 4.15. The van der Waals surface area contributed by atoms with Crippen molar-refractivity contribution in [3.05, 3.63) is 0 Å². The Bertz CT molecular complexity index is 975. The highest BCUT2D eigenvalue weighted by Crippen LogP contribution is 2.38. The van der Waals surface area contributed by atoms with Crippen LogP contribution in [0.3, 0.4) is 0 Å². The molecule has 0 aliphatic rings. The molecule has 6 atom stereocenters. The van der Waals surface area contributed by atoms with Crippen LogP contribution in [0.25, 0.3) is 0 Å². The van der Waals surface area contributed by atoms with Gasteiger partial charge in [0.25, 0.3) is 0 Å². The fraction of sp³-hybridized carbons (Fsp3) is 0.812. The summed E-state index contributed by atoms with van der Waals surface area (Å²) >= 11 is 0. The molecule has 0 aromatic heterocycles. The van der Waals surface area contributed by atoms with Gasteiger partial charge in [0.2, 0.25) is 0 Å². The summed E-state index contributed by atoms with van der Waals surface area (Å²) in [6, 6.07) is 0. The largest absolute Gasteiger partial charge is 0.469 e. The molecule has 0 spiro atoms. The third-order valence-corrected chi connectivity index (χ3v) is 7.86. The van der Waals surface area contributed by atoms with Crippen molar-refractivity contribution in [3.8, 4) is 0 Å². The Labute approximate surface area is 262 Å². The van der Waals surface area contributed by atoms with Crippen LogP contribution in [0.15, 0.2) is 0 Å². The zero-order chi connectivity index (χ0) is 34.4. The average Bonchev–Trinajstić information content (AvgIpc) is 2.96. The minimum atomic E-state index is -1.00. The third-order valence-electron chi connectivity index (χ3n) is 7.86. The Balaban J connectivity index is 6.51. The van der Waals surface area contributed by atoms with Gasteiger partial charge < -0.3 is 28.4 Å². The first kappa shape index (κ1) is 40.8. The standard InChI is InChI=1S/C32H54O12/c1-31(2,3)18-23(29(37)43-11)16-21(27(35)41-9)14-19(25(33)39-7)13-20(26(34)40-8)15-22(28(36)42-10)17-24(30(38)44-12)32(4,5)6/h19-24H,13-18H2,1-12H3.